The van der Waals surface area contributed by atoms with Gasteiger partial charge in [0, 0.05) is 17.2 Å². The summed E-state index contributed by atoms with van der Waals surface area (Å²) in [6.07, 6.45) is 6.49. The SMILES string of the molecule is CCCCCOc1ccc(-c2cc(-c3ccc(C(=O)ON4C(=O)C5CCCCC5C4=O)cc3)no2)cc1. The van der Waals surface area contributed by atoms with Crippen molar-refractivity contribution in [2.24, 2.45) is 11.8 Å². The van der Waals surface area contributed by atoms with E-state index in [1.165, 1.54) is 0 Å². The van der Waals surface area contributed by atoms with Crippen LogP contribution >= 0.6 is 0 Å². The number of fused-ring (bicyclic) bond motifs is 1. The summed E-state index contributed by atoms with van der Waals surface area (Å²) in [6.45, 7) is 2.87. The Balaban J connectivity index is 1.21. The highest BCUT2D eigenvalue weighted by atomic mass is 16.7. The number of amides is 2. The van der Waals surface area contributed by atoms with Crippen molar-refractivity contribution in [1.82, 2.24) is 10.2 Å². The monoisotopic (exact) mass is 502 g/mol. The molecule has 8 nitrogen and oxygen atoms in total. The maximum Gasteiger partial charge on any atom is 0.363 e. The number of nitrogens with zero attached hydrogens (tertiary/aromatic N) is 2. The van der Waals surface area contributed by atoms with Crippen LogP contribution in [0.3, 0.4) is 0 Å². The smallest absolute Gasteiger partial charge is 0.363 e. The first-order valence-corrected chi connectivity index (χ1v) is 13.0. The molecule has 5 rings (SSSR count). The summed E-state index contributed by atoms with van der Waals surface area (Å²) < 4.78 is 11.3. The second-order valence-corrected chi connectivity index (χ2v) is 9.58. The lowest BCUT2D eigenvalue weighted by molar-refractivity contribution is -0.174. The summed E-state index contributed by atoms with van der Waals surface area (Å²) in [6, 6.07) is 16.1. The molecule has 2 amide bonds. The summed E-state index contributed by atoms with van der Waals surface area (Å²) in [5.41, 5.74) is 2.48. The molecule has 0 N–H and O–H groups in total. The van der Waals surface area contributed by atoms with Gasteiger partial charge in [-0.15, -0.1) is 5.06 Å². The summed E-state index contributed by atoms with van der Waals surface area (Å²) in [4.78, 5) is 43.0. The van der Waals surface area contributed by atoms with E-state index in [0.717, 1.165) is 49.0 Å². The molecule has 192 valence electrons. The molecule has 1 aliphatic carbocycles. The number of hydroxylamine groups is 2. The highest BCUT2D eigenvalue weighted by Crippen LogP contribution is 2.38. The lowest BCUT2D eigenvalue weighted by Crippen LogP contribution is -2.33. The van der Waals surface area contributed by atoms with Crippen LogP contribution in [-0.2, 0) is 14.4 Å². The molecule has 0 radical (unpaired) electrons. The Morgan fingerprint density at radius 2 is 1.59 bits per heavy atom. The predicted octanol–water partition coefficient (Wildman–Crippen LogP) is 5.82. The quantitative estimate of drug-likeness (QED) is 0.268. The Hall–Kier alpha value is -3.94. The van der Waals surface area contributed by atoms with Crippen molar-refractivity contribution in [2.45, 2.75) is 51.9 Å². The number of aromatic nitrogens is 1. The zero-order chi connectivity index (χ0) is 25.8. The number of carbonyl (C=O) groups excluding carboxylic acids is 3. The van der Waals surface area contributed by atoms with Crippen molar-refractivity contribution in [1.29, 1.82) is 0 Å². The lowest BCUT2D eigenvalue weighted by Gasteiger charge is -2.19. The number of imide groups is 1. The topological polar surface area (TPSA) is 98.9 Å². The van der Waals surface area contributed by atoms with Gasteiger partial charge in [-0.1, -0.05) is 49.9 Å². The third-order valence-corrected chi connectivity index (χ3v) is 7.06. The van der Waals surface area contributed by atoms with Crippen molar-refractivity contribution in [2.75, 3.05) is 6.61 Å². The molecule has 0 bridgehead atoms. The maximum atomic E-state index is 12.6. The van der Waals surface area contributed by atoms with E-state index in [4.69, 9.17) is 14.1 Å². The minimum Gasteiger partial charge on any atom is -0.494 e. The van der Waals surface area contributed by atoms with Gasteiger partial charge >= 0.3 is 5.97 Å². The molecule has 2 atom stereocenters. The highest BCUT2D eigenvalue weighted by Gasteiger charge is 2.50. The first-order chi connectivity index (χ1) is 18.0. The Labute approximate surface area is 215 Å². The average molecular weight is 503 g/mol. The molecule has 1 aliphatic heterocycles. The normalized spacial score (nSPS) is 19.1. The molecule has 1 aromatic heterocycles. The van der Waals surface area contributed by atoms with E-state index in [2.05, 4.69) is 12.1 Å². The Morgan fingerprint density at radius 3 is 2.24 bits per heavy atom. The Morgan fingerprint density at radius 1 is 0.946 bits per heavy atom. The highest BCUT2D eigenvalue weighted by molar-refractivity contribution is 6.05. The van der Waals surface area contributed by atoms with Crippen molar-refractivity contribution < 1.29 is 28.5 Å². The van der Waals surface area contributed by atoms with Gasteiger partial charge in [-0.2, -0.15) is 0 Å². The van der Waals surface area contributed by atoms with Crippen LogP contribution in [0.2, 0.25) is 0 Å². The van der Waals surface area contributed by atoms with E-state index >= 15 is 0 Å². The second-order valence-electron chi connectivity index (χ2n) is 9.58. The molecular weight excluding hydrogens is 472 g/mol. The van der Waals surface area contributed by atoms with E-state index in [9.17, 15) is 14.4 Å². The fourth-order valence-electron chi connectivity index (χ4n) is 4.94. The number of ether oxygens (including phenoxy) is 1. The zero-order valence-electron chi connectivity index (χ0n) is 20.9. The first kappa shape index (κ1) is 24.7. The second kappa shape index (κ2) is 11.0. The van der Waals surface area contributed by atoms with E-state index < -0.39 is 17.8 Å². The van der Waals surface area contributed by atoms with Crippen LogP contribution in [0.15, 0.2) is 59.1 Å². The molecule has 1 saturated heterocycles. The van der Waals surface area contributed by atoms with Gasteiger partial charge in [0.15, 0.2) is 5.76 Å². The molecular formula is C29H30N2O6. The van der Waals surface area contributed by atoms with Gasteiger partial charge in [0.2, 0.25) is 0 Å². The van der Waals surface area contributed by atoms with Crippen LogP contribution < -0.4 is 4.74 Å². The Kier molecular flexibility index (Phi) is 7.35. The molecule has 0 spiro atoms. The molecule has 37 heavy (non-hydrogen) atoms. The van der Waals surface area contributed by atoms with Gasteiger partial charge in [0.25, 0.3) is 11.8 Å². The molecule has 1 saturated carbocycles. The molecule has 2 aliphatic rings. The Bertz CT molecular complexity index is 1240. The first-order valence-electron chi connectivity index (χ1n) is 13.0. The van der Waals surface area contributed by atoms with Gasteiger partial charge in [-0.3, -0.25) is 9.59 Å². The zero-order valence-corrected chi connectivity index (χ0v) is 20.9. The van der Waals surface area contributed by atoms with Gasteiger partial charge in [0.05, 0.1) is 24.0 Å². The van der Waals surface area contributed by atoms with Crippen molar-refractivity contribution >= 4 is 17.8 Å². The van der Waals surface area contributed by atoms with Gasteiger partial charge in [-0.25, -0.2) is 4.79 Å². The molecule has 8 heteroatoms. The van der Waals surface area contributed by atoms with E-state index in [0.29, 0.717) is 36.0 Å². The fraction of sp³-hybridized carbons (Fsp3) is 0.379. The van der Waals surface area contributed by atoms with Crippen LogP contribution in [-0.4, -0.2) is 34.6 Å². The number of unbranched alkanes of at least 4 members (excludes halogenated alkanes) is 2. The molecule has 2 aromatic carbocycles. The summed E-state index contributed by atoms with van der Waals surface area (Å²) in [7, 11) is 0. The number of benzene rings is 2. The van der Waals surface area contributed by atoms with Crippen LogP contribution in [0.1, 0.15) is 62.2 Å². The van der Waals surface area contributed by atoms with E-state index in [1.807, 2.05) is 30.3 Å². The van der Waals surface area contributed by atoms with Crippen molar-refractivity contribution in [3.05, 3.63) is 60.2 Å². The molecule has 2 heterocycles. The number of hydrogen-bond acceptors (Lipinski definition) is 7. The van der Waals surface area contributed by atoms with E-state index in [1.54, 1.807) is 24.3 Å². The molecule has 3 aromatic rings. The number of rotatable bonds is 9. The summed E-state index contributed by atoms with van der Waals surface area (Å²) in [5.74, 6) is -0.872. The van der Waals surface area contributed by atoms with Crippen LogP contribution in [0.5, 0.6) is 5.75 Å². The van der Waals surface area contributed by atoms with Crippen LogP contribution in [0.4, 0.5) is 0 Å². The van der Waals surface area contributed by atoms with E-state index in [-0.39, 0.29) is 17.4 Å². The van der Waals surface area contributed by atoms with Crippen molar-refractivity contribution in [3.8, 4) is 28.3 Å². The standard InChI is InChI=1S/C29H30N2O6/c1-2-3-6-17-35-22-15-13-20(14-16-22)26-18-25(30-36-26)19-9-11-21(12-10-19)29(34)37-31-27(32)23-7-4-5-8-24(23)28(31)33/h9-16,18,23-24H,2-8,17H2,1H3. The van der Waals surface area contributed by atoms with Crippen LogP contribution in [0.25, 0.3) is 22.6 Å². The lowest BCUT2D eigenvalue weighted by atomic mass is 9.81. The molecule has 2 unspecified atom stereocenters. The average Bonchev–Trinajstić information content (AvgIpc) is 3.52. The van der Waals surface area contributed by atoms with Gasteiger partial charge in [-0.05, 0) is 55.7 Å². The minimum absolute atomic E-state index is 0.234. The summed E-state index contributed by atoms with van der Waals surface area (Å²) in [5, 5.41) is 4.82. The third kappa shape index (κ3) is 5.28. The largest absolute Gasteiger partial charge is 0.494 e. The fourth-order valence-corrected chi connectivity index (χ4v) is 4.94. The van der Waals surface area contributed by atoms with Crippen LogP contribution in [0, 0.1) is 11.8 Å². The third-order valence-electron chi connectivity index (χ3n) is 7.06. The predicted molar refractivity (Wildman–Crippen MR) is 135 cm³/mol. The van der Waals surface area contributed by atoms with Gasteiger partial charge < -0.3 is 14.1 Å². The molecule has 2 fully saturated rings. The summed E-state index contributed by atoms with van der Waals surface area (Å²) >= 11 is 0. The van der Waals surface area contributed by atoms with Crippen molar-refractivity contribution in [3.63, 3.8) is 0 Å². The number of carbonyl (C=O) groups is 3. The maximum absolute atomic E-state index is 12.6. The minimum atomic E-state index is -0.746. The van der Waals surface area contributed by atoms with Gasteiger partial charge in [0.1, 0.15) is 11.4 Å². The number of hydrogen-bond donors (Lipinski definition) is 0.